The number of hydrogen-bond acceptors (Lipinski definition) is 6. The number of carbonyl (C=O) groups is 1. The maximum Gasteiger partial charge on any atom is 0.226 e. The summed E-state index contributed by atoms with van der Waals surface area (Å²) in [5.41, 5.74) is 2.60. The van der Waals surface area contributed by atoms with Crippen LogP contribution in [0.5, 0.6) is 0 Å². The molecule has 0 atom stereocenters. The fraction of sp³-hybridized carbons (Fsp3) is 0.300. The molecular weight excluding hydrogens is 358 g/mol. The zero-order valence-electron chi connectivity index (χ0n) is 15.0. The molecule has 0 aliphatic carbocycles. The molecule has 1 N–H and O–H groups in total. The number of aromatic nitrogens is 3. The Kier molecular flexibility index (Phi) is 5.39. The van der Waals surface area contributed by atoms with E-state index in [-0.39, 0.29) is 12.3 Å². The van der Waals surface area contributed by atoms with Crippen molar-refractivity contribution < 1.29 is 4.79 Å². The van der Waals surface area contributed by atoms with Gasteiger partial charge in [0.05, 0.1) is 17.8 Å². The molecule has 0 saturated carbocycles. The third kappa shape index (κ3) is 4.49. The highest BCUT2D eigenvalue weighted by Gasteiger charge is 2.13. The van der Waals surface area contributed by atoms with E-state index in [1.165, 1.54) is 24.2 Å². The molecule has 6 nitrogen and oxygen atoms in total. The Morgan fingerprint density at radius 2 is 2.04 bits per heavy atom. The van der Waals surface area contributed by atoms with Crippen molar-refractivity contribution in [1.82, 2.24) is 20.3 Å². The van der Waals surface area contributed by atoms with Gasteiger partial charge < -0.3 is 10.2 Å². The molecule has 1 fully saturated rings. The molecule has 3 aromatic rings. The van der Waals surface area contributed by atoms with Gasteiger partial charge in [-0.1, -0.05) is 12.1 Å². The lowest BCUT2D eigenvalue weighted by Gasteiger charge is -2.16. The van der Waals surface area contributed by atoms with Crippen molar-refractivity contribution in [3.63, 3.8) is 0 Å². The molecule has 1 saturated heterocycles. The van der Waals surface area contributed by atoms with Crippen LogP contribution >= 0.6 is 11.3 Å². The molecule has 0 spiro atoms. The number of pyridine rings is 2. The van der Waals surface area contributed by atoms with E-state index in [9.17, 15) is 4.79 Å². The molecule has 0 aromatic carbocycles. The molecule has 1 aliphatic rings. The fourth-order valence-electron chi connectivity index (χ4n) is 3.08. The van der Waals surface area contributed by atoms with Crippen LogP contribution in [0, 0.1) is 0 Å². The van der Waals surface area contributed by atoms with Gasteiger partial charge in [0, 0.05) is 37.4 Å². The standard InChI is InChI=1S/C20H21N5OS/c26-19(11-16-14-27-20(24-16)17-5-1-2-8-21-17)23-13-15-6-7-18(22-12-15)25-9-3-4-10-25/h1-2,5-8,12,14H,3-4,9-11,13H2,(H,23,26). The van der Waals surface area contributed by atoms with E-state index < -0.39 is 0 Å². The first kappa shape index (κ1) is 17.6. The summed E-state index contributed by atoms with van der Waals surface area (Å²) in [7, 11) is 0. The zero-order valence-corrected chi connectivity index (χ0v) is 15.8. The summed E-state index contributed by atoms with van der Waals surface area (Å²) in [4.78, 5) is 27.8. The first-order valence-corrected chi connectivity index (χ1v) is 9.98. The van der Waals surface area contributed by atoms with Gasteiger partial charge in [0.1, 0.15) is 10.8 Å². The lowest BCUT2D eigenvalue weighted by molar-refractivity contribution is -0.120. The predicted octanol–water partition coefficient (Wildman–Crippen LogP) is 3.06. The monoisotopic (exact) mass is 379 g/mol. The van der Waals surface area contributed by atoms with Gasteiger partial charge in [-0.3, -0.25) is 9.78 Å². The van der Waals surface area contributed by atoms with Gasteiger partial charge in [0.2, 0.25) is 5.91 Å². The summed E-state index contributed by atoms with van der Waals surface area (Å²) < 4.78 is 0. The quantitative estimate of drug-likeness (QED) is 0.713. The third-order valence-corrected chi connectivity index (χ3v) is 5.42. The number of carbonyl (C=O) groups excluding carboxylic acids is 1. The molecule has 7 heteroatoms. The average Bonchev–Trinajstić information content (AvgIpc) is 3.40. The molecule has 1 aliphatic heterocycles. The first-order valence-electron chi connectivity index (χ1n) is 9.10. The second-order valence-corrected chi connectivity index (χ2v) is 7.39. The van der Waals surface area contributed by atoms with Crippen LogP contribution in [0.15, 0.2) is 48.1 Å². The largest absolute Gasteiger partial charge is 0.357 e. The SMILES string of the molecule is O=C(Cc1csc(-c2ccccn2)n1)NCc1ccc(N2CCCC2)nc1. The molecule has 1 amide bonds. The summed E-state index contributed by atoms with van der Waals surface area (Å²) in [6, 6.07) is 9.79. The highest BCUT2D eigenvalue weighted by molar-refractivity contribution is 7.13. The molecular formula is C20H21N5OS. The second kappa shape index (κ2) is 8.26. The van der Waals surface area contributed by atoms with Crippen molar-refractivity contribution in [2.75, 3.05) is 18.0 Å². The molecule has 3 aromatic heterocycles. The topological polar surface area (TPSA) is 71.0 Å². The Morgan fingerprint density at radius 3 is 2.78 bits per heavy atom. The average molecular weight is 379 g/mol. The van der Waals surface area contributed by atoms with Crippen LogP contribution in [0.1, 0.15) is 24.1 Å². The summed E-state index contributed by atoms with van der Waals surface area (Å²) >= 11 is 1.50. The number of nitrogens with one attached hydrogen (secondary N) is 1. The maximum absolute atomic E-state index is 12.2. The highest BCUT2D eigenvalue weighted by Crippen LogP contribution is 2.21. The predicted molar refractivity (Wildman–Crippen MR) is 107 cm³/mol. The van der Waals surface area contributed by atoms with Crippen LogP contribution in [0.4, 0.5) is 5.82 Å². The number of nitrogens with zero attached hydrogens (tertiary/aromatic N) is 4. The van der Waals surface area contributed by atoms with Crippen LogP contribution in [0.2, 0.25) is 0 Å². The zero-order chi connectivity index (χ0) is 18.5. The van der Waals surface area contributed by atoms with Crippen molar-refractivity contribution in [2.45, 2.75) is 25.8 Å². The lowest BCUT2D eigenvalue weighted by Crippen LogP contribution is -2.25. The van der Waals surface area contributed by atoms with E-state index in [4.69, 9.17) is 0 Å². The normalized spacial score (nSPS) is 13.7. The van der Waals surface area contributed by atoms with Gasteiger partial charge in [-0.25, -0.2) is 9.97 Å². The number of rotatable bonds is 6. The summed E-state index contributed by atoms with van der Waals surface area (Å²) in [5, 5.41) is 5.69. The molecule has 0 bridgehead atoms. The van der Waals surface area contributed by atoms with E-state index in [0.29, 0.717) is 6.54 Å². The van der Waals surface area contributed by atoms with E-state index in [1.807, 2.05) is 41.9 Å². The number of hydrogen-bond donors (Lipinski definition) is 1. The second-order valence-electron chi connectivity index (χ2n) is 6.53. The van der Waals surface area contributed by atoms with Crippen LogP contribution < -0.4 is 10.2 Å². The molecule has 138 valence electrons. The Balaban J connectivity index is 1.29. The smallest absolute Gasteiger partial charge is 0.226 e. The van der Waals surface area contributed by atoms with E-state index in [0.717, 1.165) is 40.9 Å². The Morgan fingerprint density at radius 1 is 1.15 bits per heavy atom. The van der Waals surface area contributed by atoms with Crippen molar-refractivity contribution in [1.29, 1.82) is 0 Å². The third-order valence-electron chi connectivity index (χ3n) is 4.51. The number of thiazole rings is 1. The summed E-state index contributed by atoms with van der Waals surface area (Å²) in [6.07, 6.45) is 6.32. The lowest BCUT2D eigenvalue weighted by atomic mass is 10.2. The maximum atomic E-state index is 12.2. The van der Waals surface area contributed by atoms with Crippen molar-refractivity contribution in [3.05, 3.63) is 59.4 Å². The van der Waals surface area contributed by atoms with Crippen molar-refractivity contribution >= 4 is 23.1 Å². The van der Waals surface area contributed by atoms with Crippen LogP contribution in [0.3, 0.4) is 0 Å². The van der Waals surface area contributed by atoms with Crippen LogP contribution in [-0.4, -0.2) is 33.9 Å². The van der Waals surface area contributed by atoms with Crippen molar-refractivity contribution in [3.8, 4) is 10.7 Å². The van der Waals surface area contributed by atoms with Crippen LogP contribution in [0.25, 0.3) is 10.7 Å². The Hall–Kier alpha value is -2.80. The van der Waals surface area contributed by atoms with Gasteiger partial charge in [0.25, 0.3) is 0 Å². The van der Waals surface area contributed by atoms with Crippen molar-refractivity contribution in [2.24, 2.45) is 0 Å². The van der Waals surface area contributed by atoms with Gasteiger partial charge in [-0.2, -0.15) is 0 Å². The fourth-order valence-corrected chi connectivity index (χ4v) is 3.87. The number of amides is 1. The minimum Gasteiger partial charge on any atom is -0.357 e. The summed E-state index contributed by atoms with van der Waals surface area (Å²) in [6.45, 7) is 2.64. The van der Waals surface area contributed by atoms with Gasteiger partial charge in [-0.15, -0.1) is 11.3 Å². The molecule has 4 heterocycles. The minimum atomic E-state index is -0.0449. The summed E-state index contributed by atoms with van der Waals surface area (Å²) in [5.74, 6) is 0.976. The molecule has 0 unspecified atom stereocenters. The number of anilines is 1. The highest BCUT2D eigenvalue weighted by atomic mass is 32.1. The molecule has 4 rings (SSSR count). The molecule has 27 heavy (non-hydrogen) atoms. The first-order chi connectivity index (χ1) is 13.3. The minimum absolute atomic E-state index is 0.0449. The van der Waals surface area contributed by atoms with Gasteiger partial charge in [0.15, 0.2) is 0 Å². The van der Waals surface area contributed by atoms with E-state index >= 15 is 0 Å². The van der Waals surface area contributed by atoms with Gasteiger partial charge >= 0.3 is 0 Å². The van der Waals surface area contributed by atoms with Crippen LogP contribution in [-0.2, 0) is 17.8 Å². The van der Waals surface area contributed by atoms with Gasteiger partial charge in [-0.05, 0) is 36.6 Å². The Labute approximate surface area is 162 Å². The van der Waals surface area contributed by atoms with E-state index in [2.05, 4.69) is 25.2 Å². The Bertz CT molecular complexity index is 888. The molecule has 0 radical (unpaired) electrons. The van der Waals surface area contributed by atoms with E-state index in [1.54, 1.807) is 6.20 Å².